The first-order valence-corrected chi connectivity index (χ1v) is 8.07. The number of nitrogens with two attached hydrogens (primary N) is 1. The molecule has 6 heteroatoms. The summed E-state index contributed by atoms with van der Waals surface area (Å²) in [6.45, 7) is 6.10. The Morgan fingerprint density at radius 2 is 2.05 bits per heavy atom. The molecule has 0 aliphatic carbocycles. The maximum absolute atomic E-state index is 11.8. The van der Waals surface area contributed by atoms with Gasteiger partial charge in [0, 0.05) is 10.9 Å². The first-order valence-electron chi connectivity index (χ1n) is 7.19. The zero-order chi connectivity index (χ0) is 16.2. The summed E-state index contributed by atoms with van der Waals surface area (Å²) in [4.78, 5) is 16.3. The largest absolute Gasteiger partial charge is 0.494 e. The highest BCUT2D eigenvalue weighted by molar-refractivity contribution is 7.14. The summed E-state index contributed by atoms with van der Waals surface area (Å²) in [5.41, 5.74) is 6.62. The predicted octanol–water partition coefficient (Wildman–Crippen LogP) is 3.27. The first-order chi connectivity index (χ1) is 10.4. The number of ether oxygens (including phenoxy) is 1. The third-order valence-corrected chi connectivity index (χ3v) is 3.69. The minimum atomic E-state index is -0.926. The van der Waals surface area contributed by atoms with Crippen LogP contribution >= 0.6 is 11.3 Å². The molecule has 1 heterocycles. The summed E-state index contributed by atoms with van der Waals surface area (Å²) < 4.78 is 5.55. The number of aromatic nitrogens is 1. The summed E-state index contributed by atoms with van der Waals surface area (Å²) in [6.07, 6.45) is 0.981. The highest BCUT2D eigenvalue weighted by atomic mass is 32.1. The molecule has 0 radical (unpaired) electrons. The van der Waals surface area contributed by atoms with Gasteiger partial charge in [0.25, 0.3) is 0 Å². The van der Waals surface area contributed by atoms with Crippen molar-refractivity contribution in [3.63, 3.8) is 0 Å². The van der Waals surface area contributed by atoms with Crippen LogP contribution in [0.15, 0.2) is 29.6 Å². The number of hydrogen-bond acceptors (Lipinski definition) is 5. The number of hydrogen-bond donors (Lipinski definition) is 2. The van der Waals surface area contributed by atoms with Crippen molar-refractivity contribution in [1.29, 1.82) is 0 Å². The van der Waals surface area contributed by atoms with Crippen molar-refractivity contribution in [2.75, 3.05) is 11.9 Å². The van der Waals surface area contributed by atoms with Crippen molar-refractivity contribution in [3.05, 3.63) is 29.6 Å². The predicted molar refractivity (Wildman–Crippen MR) is 90.2 cm³/mol. The van der Waals surface area contributed by atoms with Crippen LogP contribution in [0.1, 0.15) is 27.2 Å². The van der Waals surface area contributed by atoms with E-state index in [1.165, 1.54) is 11.3 Å². The summed E-state index contributed by atoms with van der Waals surface area (Å²) in [5.74, 6) is 0.593. The monoisotopic (exact) mass is 319 g/mol. The lowest BCUT2D eigenvalue weighted by atomic mass is 10.1. The summed E-state index contributed by atoms with van der Waals surface area (Å²) in [6, 6.07) is 7.76. The second kappa shape index (κ2) is 6.89. The fraction of sp³-hybridized carbons (Fsp3) is 0.375. The zero-order valence-corrected chi connectivity index (χ0v) is 13.9. The van der Waals surface area contributed by atoms with Crippen LogP contribution in [-0.4, -0.2) is 23.0 Å². The topological polar surface area (TPSA) is 77.2 Å². The quantitative estimate of drug-likeness (QED) is 0.856. The van der Waals surface area contributed by atoms with Gasteiger partial charge >= 0.3 is 0 Å². The van der Waals surface area contributed by atoms with Crippen LogP contribution in [-0.2, 0) is 4.79 Å². The van der Waals surface area contributed by atoms with Crippen LogP contribution < -0.4 is 15.8 Å². The van der Waals surface area contributed by atoms with E-state index in [4.69, 9.17) is 10.5 Å². The maximum Gasteiger partial charge on any atom is 0.245 e. The average Bonchev–Trinajstić information content (AvgIpc) is 2.93. The van der Waals surface area contributed by atoms with E-state index in [0.29, 0.717) is 11.7 Å². The molecule has 0 fully saturated rings. The van der Waals surface area contributed by atoms with Gasteiger partial charge in [-0.15, -0.1) is 11.3 Å². The van der Waals surface area contributed by atoms with E-state index in [1.54, 1.807) is 13.8 Å². The Balaban J connectivity index is 2.06. The number of carbonyl (C=O) groups is 1. The molecule has 118 valence electrons. The number of anilines is 1. The molecule has 0 aliphatic heterocycles. The molecule has 2 rings (SSSR count). The van der Waals surface area contributed by atoms with Gasteiger partial charge in [0.2, 0.25) is 5.91 Å². The van der Waals surface area contributed by atoms with Crippen molar-refractivity contribution in [2.24, 2.45) is 5.73 Å². The maximum atomic E-state index is 11.8. The fourth-order valence-electron chi connectivity index (χ4n) is 1.66. The van der Waals surface area contributed by atoms with Crippen molar-refractivity contribution in [3.8, 4) is 17.0 Å². The van der Waals surface area contributed by atoms with E-state index in [1.807, 2.05) is 29.6 Å². The number of rotatable bonds is 6. The van der Waals surface area contributed by atoms with Gasteiger partial charge in [0.05, 0.1) is 17.8 Å². The van der Waals surface area contributed by atoms with Crippen LogP contribution in [0.2, 0.25) is 0 Å². The van der Waals surface area contributed by atoms with Gasteiger partial charge in [-0.2, -0.15) is 0 Å². The van der Waals surface area contributed by atoms with E-state index in [2.05, 4.69) is 17.2 Å². The van der Waals surface area contributed by atoms with Crippen LogP contribution in [0.3, 0.4) is 0 Å². The molecular formula is C16H21N3O2S. The van der Waals surface area contributed by atoms with Crippen molar-refractivity contribution in [1.82, 2.24) is 4.98 Å². The lowest BCUT2D eigenvalue weighted by Crippen LogP contribution is -2.45. The van der Waals surface area contributed by atoms with Crippen molar-refractivity contribution >= 4 is 22.4 Å². The summed E-state index contributed by atoms with van der Waals surface area (Å²) in [7, 11) is 0. The number of nitrogens with zero attached hydrogens (tertiary/aromatic N) is 1. The molecule has 5 nitrogen and oxygen atoms in total. The Morgan fingerprint density at radius 3 is 2.64 bits per heavy atom. The SMILES string of the molecule is CCCOc1ccc(-c2csc(NC(=O)C(C)(C)N)n2)cc1. The zero-order valence-electron chi connectivity index (χ0n) is 13.1. The Labute approximate surface area is 134 Å². The van der Waals surface area contributed by atoms with Crippen LogP contribution in [0.4, 0.5) is 5.13 Å². The van der Waals surface area contributed by atoms with Crippen LogP contribution in [0, 0.1) is 0 Å². The molecule has 0 saturated heterocycles. The van der Waals surface area contributed by atoms with Gasteiger partial charge in [-0.25, -0.2) is 4.98 Å². The minimum Gasteiger partial charge on any atom is -0.494 e. The van der Waals surface area contributed by atoms with Crippen LogP contribution in [0.5, 0.6) is 5.75 Å². The average molecular weight is 319 g/mol. The highest BCUT2D eigenvalue weighted by Gasteiger charge is 2.22. The molecule has 3 N–H and O–H groups in total. The first kappa shape index (κ1) is 16.5. The fourth-order valence-corrected chi connectivity index (χ4v) is 2.38. The molecule has 0 bridgehead atoms. The number of thiazole rings is 1. The van der Waals surface area contributed by atoms with Crippen molar-refractivity contribution < 1.29 is 9.53 Å². The normalized spacial score (nSPS) is 11.3. The summed E-state index contributed by atoms with van der Waals surface area (Å²) in [5, 5.41) is 5.18. The van der Waals surface area contributed by atoms with Crippen LogP contribution in [0.25, 0.3) is 11.3 Å². The molecular weight excluding hydrogens is 298 g/mol. The Kier molecular flexibility index (Phi) is 5.15. The van der Waals surface area contributed by atoms with Gasteiger partial charge < -0.3 is 15.8 Å². The molecule has 1 amide bonds. The third kappa shape index (κ3) is 4.29. The smallest absolute Gasteiger partial charge is 0.245 e. The lowest BCUT2D eigenvalue weighted by molar-refractivity contribution is -0.120. The van der Waals surface area contributed by atoms with Gasteiger partial charge in [0.15, 0.2) is 5.13 Å². The Morgan fingerprint density at radius 1 is 1.36 bits per heavy atom. The van der Waals surface area contributed by atoms with E-state index in [9.17, 15) is 4.79 Å². The van der Waals surface area contributed by atoms with E-state index in [-0.39, 0.29) is 5.91 Å². The summed E-state index contributed by atoms with van der Waals surface area (Å²) >= 11 is 1.38. The number of benzene rings is 1. The highest BCUT2D eigenvalue weighted by Crippen LogP contribution is 2.26. The van der Waals surface area contributed by atoms with Crippen molar-refractivity contribution in [2.45, 2.75) is 32.7 Å². The van der Waals surface area contributed by atoms with Gasteiger partial charge in [0.1, 0.15) is 5.75 Å². The minimum absolute atomic E-state index is 0.253. The molecule has 0 spiro atoms. The molecule has 0 atom stereocenters. The molecule has 0 saturated carbocycles. The second-order valence-electron chi connectivity index (χ2n) is 5.59. The molecule has 1 aromatic carbocycles. The second-order valence-corrected chi connectivity index (χ2v) is 6.44. The van der Waals surface area contributed by atoms with Gasteiger partial charge in [-0.05, 0) is 44.5 Å². The van der Waals surface area contributed by atoms with E-state index < -0.39 is 5.54 Å². The number of carbonyl (C=O) groups excluding carboxylic acids is 1. The van der Waals surface area contributed by atoms with E-state index >= 15 is 0 Å². The van der Waals surface area contributed by atoms with Gasteiger partial charge in [-0.3, -0.25) is 4.79 Å². The lowest BCUT2D eigenvalue weighted by Gasteiger charge is -2.16. The molecule has 22 heavy (non-hydrogen) atoms. The number of amides is 1. The molecule has 0 aliphatic rings. The third-order valence-electron chi connectivity index (χ3n) is 2.93. The van der Waals surface area contributed by atoms with E-state index in [0.717, 1.165) is 23.4 Å². The molecule has 2 aromatic rings. The molecule has 0 unspecified atom stereocenters. The standard InChI is InChI=1S/C16H21N3O2S/c1-4-9-21-12-7-5-11(6-8-12)13-10-22-15(18-13)19-14(20)16(2,3)17/h5-8,10H,4,9,17H2,1-3H3,(H,18,19,20). The Bertz CT molecular complexity index is 630. The molecule has 1 aromatic heterocycles. The van der Waals surface area contributed by atoms with Gasteiger partial charge in [-0.1, -0.05) is 6.92 Å². The number of nitrogens with one attached hydrogen (secondary N) is 1. The Hall–Kier alpha value is -1.92.